The van der Waals surface area contributed by atoms with Crippen molar-refractivity contribution < 1.29 is 4.92 Å². The van der Waals surface area contributed by atoms with Crippen molar-refractivity contribution in [1.82, 2.24) is 0 Å². The number of nitro benzene ring substituents is 1. The lowest BCUT2D eigenvalue weighted by molar-refractivity contribution is -0.383. The standard InChI is InChI=1S/C32H37ClN2O2/c1-21(2)22-10-13-26-24(18-22)12-15-30-31(3,16-7-17-32(26,30)4)20-34-28-14-11-23(19-29(28)35(36)37)25-8-5-6-9-27(25)33/h5-6,8-11,13-14,18-19,21,30,34H,7,12,15-17,20H2,1-4H3/t30-,31+,32+/m0/s1. The predicted octanol–water partition coefficient (Wildman–Crippen LogP) is 9.16. The molecule has 0 aromatic heterocycles. The second-order valence-corrected chi connectivity index (χ2v) is 12.3. The van der Waals surface area contributed by atoms with Crippen LogP contribution in [0.2, 0.25) is 5.02 Å². The third kappa shape index (κ3) is 4.65. The molecule has 0 heterocycles. The van der Waals surface area contributed by atoms with Gasteiger partial charge in [-0.25, -0.2) is 0 Å². The molecule has 1 N–H and O–H groups in total. The summed E-state index contributed by atoms with van der Waals surface area (Å²) in [6.07, 6.45) is 5.78. The van der Waals surface area contributed by atoms with Crippen LogP contribution < -0.4 is 5.32 Å². The van der Waals surface area contributed by atoms with Gasteiger partial charge in [-0.05, 0) is 82.7 Å². The van der Waals surface area contributed by atoms with Crippen molar-refractivity contribution in [3.05, 3.63) is 92.5 Å². The molecule has 0 bridgehead atoms. The predicted molar refractivity (Wildman–Crippen MR) is 154 cm³/mol. The van der Waals surface area contributed by atoms with Crippen LogP contribution in [0.5, 0.6) is 0 Å². The summed E-state index contributed by atoms with van der Waals surface area (Å²) in [7, 11) is 0. The van der Waals surface area contributed by atoms with Crippen molar-refractivity contribution in [2.45, 2.75) is 71.1 Å². The van der Waals surface area contributed by atoms with E-state index in [0.29, 0.717) is 22.5 Å². The van der Waals surface area contributed by atoms with E-state index in [1.165, 1.54) is 29.5 Å². The Hall–Kier alpha value is -2.85. The summed E-state index contributed by atoms with van der Waals surface area (Å²) in [4.78, 5) is 11.8. The van der Waals surface area contributed by atoms with Crippen LogP contribution >= 0.6 is 11.6 Å². The van der Waals surface area contributed by atoms with Crippen LogP contribution in [-0.4, -0.2) is 11.5 Å². The number of anilines is 1. The van der Waals surface area contributed by atoms with Gasteiger partial charge in [0.25, 0.3) is 5.69 Å². The summed E-state index contributed by atoms with van der Waals surface area (Å²) in [6, 6.07) is 20.0. The summed E-state index contributed by atoms with van der Waals surface area (Å²) in [6.45, 7) is 10.1. The Balaban J connectivity index is 1.41. The highest BCUT2D eigenvalue weighted by Crippen LogP contribution is 2.57. The van der Waals surface area contributed by atoms with Crippen molar-refractivity contribution in [1.29, 1.82) is 0 Å². The van der Waals surface area contributed by atoms with E-state index < -0.39 is 0 Å². The van der Waals surface area contributed by atoms with Gasteiger partial charge < -0.3 is 5.32 Å². The fraction of sp³-hybridized carbons (Fsp3) is 0.438. The summed E-state index contributed by atoms with van der Waals surface area (Å²) in [5.41, 5.74) is 6.88. The molecule has 5 heteroatoms. The minimum atomic E-state index is -0.292. The van der Waals surface area contributed by atoms with Crippen LogP contribution in [0.25, 0.3) is 11.1 Å². The fourth-order valence-corrected chi connectivity index (χ4v) is 7.45. The zero-order valence-electron chi connectivity index (χ0n) is 22.3. The van der Waals surface area contributed by atoms with Crippen molar-refractivity contribution in [3.63, 3.8) is 0 Å². The molecule has 2 aliphatic carbocycles. The first-order chi connectivity index (χ1) is 17.6. The number of nitrogens with one attached hydrogen (secondary N) is 1. The molecule has 2 aliphatic rings. The van der Waals surface area contributed by atoms with Gasteiger partial charge in [0.05, 0.1) is 4.92 Å². The average molecular weight is 517 g/mol. The molecule has 194 valence electrons. The van der Waals surface area contributed by atoms with Gasteiger partial charge >= 0.3 is 0 Å². The molecule has 4 nitrogen and oxygen atoms in total. The maximum Gasteiger partial charge on any atom is 0.292 e. The lowest BCUT2D eigenvalue weighted by atomic mass is 9.49. The Morgan fingerprint density at radius 1 is 1.08 bits per heavy atom. The summed E-state index contributed by atoms with van der Waals surface area (Å²) >= 11 is 6.36. The molecule has 0 aliphatic heterocycles. The Morgan fingerprint density at radius 2 is 1.86 bits per heavy atom. The number of fused-ring (bicyclic) bond motifs is 3. The van der Waals surface area contributed by atoms with Crippen LogP contribution in [0.3, 0.4) is 0 Å². The highest BCUT2D eigenvalue weighted by atomic mass is 35.5. The van der Waals surface area contributed by atoms with Crippen LogP contribution in [0.1, 0.15) is 76.0 Å². The van der Waals surface area contributed by atoms with Crippen molar-refractivity contribution in [2.75, 3.05) is 11.9 Å². The maximum atomic E-state index is 12.0. The minimum absolute atomic E-state index is 0.0523. The van der Waals surface area contributed by atoms with E-state index in [-0.39, 0.29) is 21.4 Å². The first-order valence-electron chi connectivity index (χ1n) is 13.5. The largest absolute Gasteiger partial charge is 0.379 e. The molecule has 0 amide bonds. The summed E-state index contributed by atoms with van der Waals surface area (Å²) in [5.74, 6) is 1.07. The van der Waals surface area contributed by atoms with E-state index in [9.17, 15) is 10.1 Å². The van der Waals surface area contributed by atoms with Gasteiger partial charge in [0, 0.05) is 23.2 Å². The van der Waals surface area contributed by atoms with Gasteiger partial charge in [-0.3, -0.25) is 10.1 Å². The summed E-state index contributed by atoms with van der Waals surface area (Å²) < 4.78 is 0. The number of aryl methyl sites for hydroxylation is 1. The topological polar surface area (TPSA) is 55.2 Å². The number of benzene rings is 3. The number of rotatable bonds is 6. The van der Waals surface area contributed by atoms with E-state index in [1.807, 2.05) is 36.4 Å². The quantitative estimate of drug-likeness (QED) is 0.262. The SMILES string of the molecule is CC(C)c1ccc2c(c1)CC[C@H]1[C@@](C)(CNc3ccc(-c4ccccc4Cl)cc3[N+](=O)[O-])CCC[C@]21C. The van der Waals surface area contributed by atoms with Crippen LogP contribution in [-0.2, 0) is 11.8 Å². The molecule has 0 spiro atoms. The van der Waals surface area contributed by atoms with Gasteiger partial charge in [-0.1, -0.05) is 88.2 Å². The van der Waals surface area contributed by atoms with Crippen molar-refractivity contribution >= 4 is 23.0 Å². The number of halogens is 1. The first kappa shape index (κ1) is 25.8. The van der Waals surface area contributed by atoms with Gasteiger partial charge in [0.15, 0.2) is 0 Å². The lowest BCUT2D eigenvalue weighted by Gasteiger charge is -2.55. The minimum Gasteiger partial charge on any atom is -0.379 e. The molecule has 3 aromatic carbocycles. The number of hydrogen-bond donors (Lipinski definition) is 1. The zero-order valence-corrected chi connectivity index (χ0v) is 23.1. The lowest BCUT2D eigenvalue weighted by Crippen LogP contribution is -2.51. The highest BCUT2D eigenvalue weighted by Gasteiger charge is 2.51. The zero-order chi connectivity index (χ0) is 26.4. The molecule has 0 saturated heterocycles. The second-order valence-electron chi connectivity index (χ2n) is 11.9. The summed E-state index contributed by atoms with van der Waals surface area (Å²) in [5, 5.41) is 16.2. The van der Waals surface area contributed by atoms with Gasteiger partial charge in [0.1, 0.15) is 5.69 Å². The van der Waals surface area contributed by atoms with Crippen LogP contribution in [0.4, 0.5) is 11.4 Å². The molecular weight excluding hydrogens is 480 g/mol. The third-order valence-corrected chi connectivity index (χ3v) is 9.56. The first-order valence-corrected chi connectivity index (χ1v) is 13.9. The third-order valence-electron chi connectivity index (χ3n) is 9.23. The molecule has 0 unspecified atom stereocenters. The average Bonchev–Trinajstić information content (AvgIpc) is 2.87. The second kappa shape index (κ2) is 9.79. The Labute approximate surface area is 225 Å². The van der Waals surface area contributed by atoms with E-state index >= 15 is 0 Å². The number of nitrogens with zero attached hydrogens (tertiary/aromatic N) is 1. The Kier molecular flexibility index (Phi) is 6.83. The normalized spacial score (nSPS) is 24.9. The number of hydrogen-bond acceptors (Lipinski definition) is 3. The molecule has 3 atom stereocenters. The van der Waals surface area contributed by atoms with Crippen molar-refractivity contribution in [2.24, 2.45) is 11.3 Å². The molecule has 0 radical (unpaired) electrons. The van der Waals surface area contributed by atoms with E-state index in [4.69, 9.17) is 11.6 Å². The van der Waals surface area contributed by atoms with E-state index in [0.717, 1.165) is 36.9 Å². The van der Waals surface area contributed by atoms with E-state index in [1.54, 1.807) is 6.07 Å². The maximum absolute atomic E-state index is 12.0. The van der Waals surface area contributed by atoms with E-state index in [2.05, 4.69) is 51.2 Å². The smallest absolute Gasteiger partial charge is 0.292 e. The van der Waals surface area contributed by atoms with Crippen LogP contribution in [0, 0.1) is 21.4 Å². The molecule has 1 saturated carbocycles. The van der Waals surface area contributed by atoms with Gasteiger partial charge in [-0.2, -0.15) is 0 Å². The monoisotopic (exact) mass is 516 g/mol. The Bertz CT molecular complexity index is 1340. The van der Waals surface area contributed by atoms with Gasteiger partial charge in [-0.15, -0.1) is 0 Å². The Morgan fingerprint density at radius 3 is 2.59 bits per heavy atom. The fourth-order valence-electron chi connectivity index (χ4n) is 7.21. The van der Waals surface area contributed by atoms with Crippen LogP contribution in [0.15, 0.2) is 60.7 Å². The molecule has 1 fully saturated rings. The number of nitro groups is 1. The molecular formula is C32H37ClN2O2. The highest BCUT2D eigenvalue weighted by molar-refractivity contribution is 6.33. The van der Waals surface area contributed by atoms with Crippen molar-refractivity contribution in [3.8, 4) is 11.1 Å². The molecule has 5 rings (SSSR count). The molecule has 3 aromatic rings. The van der Waals surface area contributed by atoms with Gasteiger partial charge in [0.2, 0.25) is 0 Å². The molecule has 37 heavy (non-hydrogen) atoms.